The van der Waals surface area contributed by atoms with Gasteiger partial charge in [0.2, 0.25) is 0 Å². The zero-order chi connectivity index (χ0) is 19.3. The first-order valence-electron chi connectivity index (χ1n) is 10.0. The predicted molar refractivity (Wildman–Crippen MR) is 118 cm³/mol. The Labute approximate surface area is 164 Å². The minimum absolute atomic E-state index is 0.599. The third kappa shape index (κ3) is 9.84. The van der Waals surface area contributed by atoms with Gasteiger partial charge in [0.05, 0.1) is 0 Å². The summed E-state index contributed by atoms with van der Waals surface area (Å²) in [5.41, 5.74) is 0. The minimum atomic E-state index is -2.83. The number of unbranched alkanes of at least 4 members (excludes halogenated alkanes) is 3. The summed E-state index contributed by atoms with van der Waals surface area (Å²) in [7, 11) is 6.79. The molecule has 0 aliphatic heterocycles. The second-order valence-corrected chi connectivity index (χ2v) is 30.2. The molecule has 0 unspecified atom stereocenters. The third-order valence-corrected chi connectivity index (χ3v) is 30.2. The van der Waals surface area contributed by atoms with E-state index in [4.69, 9.17) is 4.52 Å². The molecule has 0 radical (unpaired) electrons. The Balaban J connectivity index is 4.79. The van der Waals surface area contributed by atoms with Crippen LogP contribution in [0.3, 0.4) is 0 Å². The molecule has 7 heteroatoms. The summed E-state index contributed by atoms with van der Waals surface area (Å²) >= 11 is -2.14. The van der Waals surface area contributed by atoms with Crippen LogP contribution in [0.25, 0.3) is 0 Å². The molecule has 0 aliphatic carbocycles. The van der Waals surface area contributed by atoms with Gasteiger partial charge in [0.25, 0.3) is 0 Å². The van der Waals surface area contributed by atoms with Crippen LogP contribution in [0.4, 0.5) is 0 Å². The van der Waals surface area contributed by atoms with Crippen molar-refractivity contribution in [3.05, 3.63) is 0 Å². The quantitative estimate of drug-likeness (QED) is 0.141. The number of nitrogens with zero attached hydrogens (tertiary/aromatic N) is 2. The fourth-order valence-corrected chi connectivity index (χ4v) is 27.5. The van der Waals surface area contributed by atoms with Crippen LogP contribution < -0.4 is 0 Å². The van der Waals surface area contributed by atoms with E-state index in [2.05, 4.69) is 29.7 Å². The molecule has 25 heavy (non-hydrogen) atoms. The molecule has 0 aliphatic rings. The SMILES string of the molecule is CCC[CH2][Sn]([CH2]CCC)([CH2]CCC)[S]CCOP(=O)(N(C)C)N(C)C. The van der Waals surface area contributed by atoms with Gasteiger partial charge in [0, 0.05) is 0 Å². The first-order valence-corrected chi connectivity index (χ1v) is 22.1. The van der Waals surface area contributed by atoms with E-state index in [1.165, 1.54) is 51.8 Å². The molecular weight excluding hydrogens is 458 g/mol. The summed E-state index contributed by atoms with van der Waals surface area (Å²) in [4.78, 5) is 0. The average Bonchev–Trinajstić information content (AvgIpc) is 2.58. The summed E-state index contributed by atoms with van der Waals surface area (Å²) in [5.74, 6) is 1.01. The van der Waals surface area contributed by atoms with E-state index < -0.39 is 24.7 Å². The normalized spacial score (nSPS) is 13.2. The van der Waals surface area contributed by atoms with Gasteiger partial charge in [-0.3, -0.25) is 0 Å². The molecule has 0 spiro atoms. The Morgan fingerprint density at radius 2 is 1.24 bits per heavy atom. The predicted octanol–water partition coefficient (Wildman–Crippen LogP) is 6.31. The molecule has 0 fully saturated rings. The molecular formula is C18H43N2O2PSSn. The van der Waals surface area contributed by atoms with Crippen molar-refractivity contribution in [3.8, 4) is 0 Å². The van der Waals surface area contributed by atoms with Gasteiger partial charge in [0.1, 0.15) is 0 Å². The van der Waals surface area contributed by atoms with Crippen LogP contribution in [0.2, 0.25) is 13.3 Å². The number of rotatable bonds is 16. The molecule has 0 aromatic heterocycles. The van der Waals surface area contributed by atoms with Crippen LogP contribution in [0.1, 0.15) is 59.3 Å². The van der Waals surface area contributed by atoms with E-state index in [-0.39, 0.29) is 0 Å². The Bertz CT molecular complexity index is 350. The van der Waals surface area contributed by atoms with E-state index in [0.29, 0.717) is 6.61 Å². The van der Waals surface area contributed by atoms with Gasteiger partial charge in [-0.05, 0) is 0 Å². The van der Waals surface area contributed by atoms with Gasteiger partial charge in [-0.15, -0.1) is 0 Å². The topological polar surface area (TPSA) is 32.8 Å². The van der Waals surface area contributed by atoms with Crippen LogP contribution in [-0.2, 0) is 9.09 Å². The zero-order valence-electron chi connectivity index (χ0n) is 17.8. The van der Waals surface area contributed by atoms with Gasteiger partial charge < -0.3 is 0 Å². The maximum atomic E-state index is 12.9. The van der Waals surface area contributed by atoms with Gasteiger partial charge >= 0.3 is 165 Å². The van der Waals surface area contributed by atoms with Gasteiger partial charge in [0.15, 0.2) is 0 Å². The second-order valence-electron chi connectivity index (χ2n) is 7.36. The van der Waals surface area contributed by atoms with Crippen molar-refractivity contribution in [2.24, 2.45) is 0 Å². The fraction of sp³-hybridized carbons (Fsp3) is 1.00. The Hall–Kier alpha value is 1.26. The molecule has 0 heterocycles. The van der Waals surface area contributed by atoms with E-state index in [1.54, 1.807) is 9.34 Å². The molecule has 0 atom stereocenters. The standard InChI is InChI=1S/C6H17N2O2PS.3C4H9.Sn/c1-7(2)11(9,8(3)4)10-5-6-12;3*1-3-4-2;/h12H,5-6H2,1-4H3;3*1,3-4H2,2H3;/q;;;;+1/p-1. The Morgan fingerprint density at radius 1 is 0.840 bits per heavy atom. The average molecular weight is 501 g/mol. The van der Waals surface area contributed by atoms with Crippen LogP contribution >= 0.6 is 16.6 Å². The first-order chi connectivity index (χ1) is 11.8. The summed E-state index contributed by atoms with van der Waals surface area (Å²) < 4.78 is 26.7. The molecule has 0 saturated carbocycles. The van der Waals surface area contributed by atoms with Gasteiger partial charge in [-0.25, -0.2) is 0 Å². The molecule has 4 nitrogen and oxygen atoms in total. The van der Waals surface area contributed by atoms with Crippen molar-refractivity contribution < 1.29 is 9.09 Å². The van der Waals surface area contributed by atoms with Crippen molar-refractivity contribution in [2.75, 3.05) is 40.6 Å². The third-order valence-electron chi connectivity index (χ3n) is 4.72. The molecule has 0 bridgehead atoms. The van der Waals surface area contributed by atoms with E-state index >= 15 is 0 Å². The summed E-state index contributed by atoms with van der Waals surface area (Å²) in [6.07, 6.45) is 8.11. The monoisotopic (exact) mass is 502 g/mol. The van der Waals surface area contributed by atoms with Crippen LogP contribution in [0, 0.1) is 0 Å². The van der Waals surface area contributed by atoms with Crippen LogP contribution in [0.15, 0.2) is 0 Å². The van der Waals surface area contributed by atoms with Crippen LogP contribution in [-0.4, -0.2) is 66.9 Å². The molecule has 0 N–H and O–H groups in total. The molecule has 0 aromatic rings. The molecule has 0 amide bonds. The number of hydrogen-bond donors (Lipinski definition) is 0. The van der Waals surface area contributed by atoms with Crippen molar-refractivity contribution in [3.63, 3.8) is 0 Å². The second kappa shape index (κ2) is 14.3. The van der Waals surface area contributed by atoms with Crippen molar-refractivity contribution in [2.45, 2.75) is 72.6 Å². The summed E-state index contributed by atoms with van der Waals surface area (Å²) in [6, 6.07) is 0. The number of hydrogen-bond acceptors (Lipinski definition) is 3. The van der Waals surface area contributed by atoms with E-state index in [0.717, 1.165) is 5.75 Å². The Morgan fingerprint density at radius 3 is 1.56 bits per heavy atom. The summed E-state index contributed by atoms with van der Waals surface area (Å²) in [6.45, 7) is 7.54. The molecule has 0 rings (SSSR count). The Kier molecular flexibility index (Phi) is 15.0. The van der Waals surface area contributed by atoms with Crippen LogP contribution in [0.5, 0.6) is 0 Å². The maximum absolute atomic E-state index is 12.9. The van der Waals surface area contributed by atoms with Gasteiger partial charge in [-0.2, -0.15) is 0 Å². The van der Waals surface area contributed by atoms with E-state index in [1.807, 2.05) is 28.2 Å². The van der Waals surface area contributed by atoms with Crippen molar-refractivity contribution in [1.29, 1.82) is 0 Å². The fourth-order valence-electron chi connectivity index (χ4n) is 3.09. The summed E-state index contributed by atoms with van der Waals surface area (Å²) in [5, 5.41) is 0. The first kappa shape index (κ1) is 26.3. The van der Waals surface area contributed by atoms with Crippen molar-refractivity contribution >= 4 is 33.6 Å². The molecule has 0 saturated heterocycles. The molecule has 152 valence electrons. The zero-order valence-corrected chi connectivity index (χ0v) is 22.4. The molecule has 0 aromatic carbocycles. The van der Waals surface area contributed by atoms with Gasteiger partial charge in [-0.1, -0.05) is 0 Å². The van der Waals surface area contributed by atoms with Crippen molar-refractivity contribution in [1.82, 2.24) is 9.34 Å². The van der Waals surface area contributed by atoms with E-state index in [9.17, 15) is 4.57 Å².